The van der Waals surface area contributed by atoms with Crippen LogP contribution in [-0.2, 0) is 0 Å². The van der Waals surface area contributed by atoms with Crippen molar-refractivity contribution in [2.75, 3.05) is 19.6 Å². The number of nitrogens with one attached hydrogen (secondary N) is 2. The van der Waals surface area contributed by atoms with Crippen LogP contribution >= 0.6 is 0 Å². The molecule has 1 unspecified atom stereocenters. The van der Waals surface area contributed by atoms with Crippen molar-refractivity contribution in [2.45, 2.75) is 13.3 Å². The molecular formula is C13H18N2O2. The van der Waals surface area contributed by atoms with Gasteiger partial charge in [-0.05, 0) is 44.5 Å². The molecule has 3 N–H and O–H groups in total. The molecule has 0 bridgehead atoms. The Morgan fingerprint density at radius 2 is 2.41 bits per heavy atom. The summed E-state index contributed by atoms with van der Waals surface area (Å²) < 4.78 is 0. The molecule has 1 aliphatic heterocycles. The summed E-state index contributed by atoms with van der Waals surface area (Å²) in [7, 11) is 0. The number of hydrogen-bond donors (Lipinski definition) is 3. The van der Waals surface area contributed by atoms with Gasteiger partial charge in [0.15, 0.2) is 0 Å². The van der Waals surface area contributed by atoms with Gasteiger partial charge in [0.2, 0.25) is 0 Å². The van der Waals surface area contributed by atoms with Crippen molar-refractivity contribution in [1.82, 2.24) is 10.6 Å². The summed E-state index contributed by atoms with van der Waals surface area (Å²) in [5, 5.41) is 15.7. The molecule has 1 aromatic rings. The molecule has 1 aliphatic rings. The average Bonchev–Trinajstić information content (AvgIpc) is 2.82. The fourth-order valence-corrected chi connectivity index (χ4v) is 2.05. The SMILES string of the molecule is Cc1ccc(O)c(C(=O)NCC2CCNC2)c1. The summed E-state index contributed by atoms with van der Waals surface area (Å²) in [6, 6.07) is 5.05. The summed E-state index contributed by atoms with van der Waals surface area (Å²) in [6.45, 7) is 4.55. The first-order valence-electron chi connectivity index (χ1n) is 5.95. The Hall–Kier alpha value is -1.55. The molecule has 0 radical (unpaired) electrons. The third-order valence-corrected chi connectivity index (χ3v) is 3.11. The molecule has 17 heavy (non-hydrogen) atoms. The van der Waals surface area contributed by atoms with Gasteiger partial charge in [0, 0.05) is 6.54 Å². The van der Waals surface area contributed by atoms with Crippen LogP contribution < -0.4 is 10.6 Å². The molecule has 0 saturated carbocycles. The first kappa shape index (κ1) is 11.9. The van der Waals surface area contributed by atoms with Gasteiger partial charge in [-0.1, -0.05) is 11.6 Å². The van der Waals surface area contributed by atoms with Gasteiger partial charge in [0.05, 0.1) is 5.56 Å². The third-order valence-electron chi connectivity index (χ3n) is 3.11. The van der Waals surface area contributed by atoms with Crippen LogP contribution in [0.2, 0.25) is 0 Å². The van der Waals surface area contributed by atoms with Gasteiger partial charge in [-0.2, -0.15) is 0 Å². The number of aryl methyl sites for hydroxylation is 1. The molecule has 2 rings (SSSR count). The molecule has 4 heteroatoms. The first-order valence-corrected chi connectivity index (χ1v) is 5.95. The highest BCUT2D eigenvalue weighted by atomic mass is 16.3. The van der Waals surface area contributed by atoms with Gasteiger partial charge in [-0.3, -0.25) is 4.79 Å². The highest BCUT2D eigenvalue weighted by Crippen LogP contribution is 2.18. The van der Waals surface area contributed by atoms with Gasteiger partial charge in [-0.15, -0.1) is 0 Å². The molecule has 4 nitrogen and oxygen atoms in total. The van der Waals surface area contributed by atoms with Crippen LogP contribution in [0.1, 0.15) is 22.3 Å². The minimum Gasteiger partial charge on any atom is -0.507 e. The maximum atomic E-state index is 11.9. The van der Waals surface area contributed by atoms with E-state index in [9.17, 15) is 9.90 Å². The number of aromatic hydroxyl groups is 1. The van der Waals surface area contributed by atoms with E-state index in [1.54, 1.807) is 18.2 Å². The number of amides is 1. The van der Waals surface area contributed by atoms with E-state index in [0.717, 1.165) is 25.1 Å². The summed E-state index contributed by atoms with van der Waals surface area (Å²) in [4.78, 5) is 11.9. The second-order valence-electron chi connectivity index (χ2n) is 4.59. The molecule has 0 aliphatic carbocycles. The molecule has 92 valence electrons. The minimum absolute atomic E-state index is 0.0395. The Morgan fingerprint density at radius 3 is 3.12 bits per heavy atom. The lowest BCUT2D eigenvalue weighted by Gasteiger charge is -2.11. The van der Waals surface area contributed by atoms with E-state index < -0.39 is 0 Å². The van der Waals surface area contributed by atoms with Crippen molar-refractivity contribution in [1.29, 1.82) is 0 Å². The van der Waals surface area contributed by atoms with Crippen molar-refractivity contribution < 1.29 is 9.90 Å². The average molecular weight is 234 g/mol. The number of phenolic OH excluding ortho intramolecular Hbond substituents is 1. The number of carbonyl (C=O) groups is 1. The topological polar surface area (TPSA) is 61.4 Å². The second kappa shape index (κ2) is 5.19. The highest BCUT2D eigenvalue weighted by Gasteiger charge is 2.17. The van der Waals surface area contributed by atoms with E-state index in [1.165, 1.54) is 0 Å². The smallest absolute Gasteiger partial charge is 0.255 e. The molecule has 1 amide bonds. The quantitative estimate of drug-likeness (QED) is 0.732. The van der Waals surface area contributed by atoms with Crippen LogP contribution in [0.25, 0.3) is 0 Å². The largest absolute Gasteiger partial charge is 0.507 e. The standard InChI is InChI=1S/C13H18N2O2/c1-9-2-3-12(16)11(6-9)13(17)15-8-10-4-5-14-7-10/h2-3,6,10,14,16H,4-5,7-8H2,1H3,(H,15,17). The van der Waals surface area contributed by atoms with E-state index >= 15 is 0 Å². The van der Waals surface area contributed by atoms with Gasteiger partial charge in [0.1, 0.15) is 5.75 Å². The number of hydrogen-bond acceptors (Lipinski definition) is 3. The molecule has 1 atom stereocenters. The zero-order valence-electron chi connectivity index (χ0n) is 9.99. The highest BCUT2D eigenvalue weighted by molar-refractivity contribution is 5.96. The lowest BCUT2D eigenvalue weighted by molar-refractivity contribution is 0.0945. The van der Waals surface area contributed by atoms with Crippen LogP contribution in [0.15, 0.2) is 18.2 Å². The normalized spacial score (nSPS) is 19.2. The van der Waals surface area contributed by atoms with Crippen molar-refractivity contribution in [3.63, 3.8) is 0 Å². The van der Waals surface area contributed by atoms with Gasteiger partial charge in [0.25, 0.3) is 5.91 Å². The minimum atomic E-state index is -0.196. The molecule has 1 aromatic carbocycles. The summed E-state index contributed by atoms with van der Waals surface area (Å²) in [6.07, 6.45) is 1.10. The zero-order valence-corrected chi connectivity index (χ0v) is 9.99. The number of phenols is 1. The molecule has 0 spiro atoms. The Kier molecular flexibility index (Phi) is 3.64. The Balaban J connectivity index is 1.96. The summed E-state index contributed by atoms with van der Waals surface area (Å²) >= 11 is 0. The first-order chi connectivity index (χ1) is 8.16. The van der Waals surface area contributed by atoms with E-state index in [2.05, 4.69) is 10.6 Å². The monoisotopic (exact) mass is 234 g/mol. The van der Waals surface area contributed by atoms with Gasteiger partial charge in [-0.25, -0.2) is 0 Å². The number of rotatable bonds is 3. The van der Waals surface area contributed by atoms with Crippen LogP contribution in [0.5, 0.6) is 5.75 Å². The maximum Gasteiger partial charge on any atom is 0.255 e. The van der Waals surface area contributed by atoms with Crippen molar-refractivity contribution in [3.8, 4) is 5.75 Å². The van der Waals surface area contributed by atoms with Crippen molar-refractivity contribution >= 4 is 5.91 Å². The van der Waals surface area contributed by atoms with Gasteiger partial charge < -0.3 is 15.7 Å². The van der Waals surface area contributed by atoms with Crippen molar-refractivity contribution in [3.05, 3.63) is 29.3 Å². The second-order valence-corrected chi connectivity index (χ2v) is 4.59. The van der Waals surface area contributed by atoms with E-state index in [1.807, 2.05) is 6.92 Å². The van der Waals surface area contributed by atoms with Crippen LogP contribution in [0, 0.1) is 12.8 Å². The Bertz CT molecular complexity index is 412. The Labute approximate surface area is 101 Å². The summed E-state index contributed by atoms with van der Waals surface area (Å²) in [5.74, 6) is 0.349. The van der Waals surface area contributed by atoms with E-state index in [0.29, 0.717) is 18.0 Å². The molecule has 1 fully saturated rings. The maximum absolute atomic E-state index is 11.9. The fraction of sp³-hybridized carbons (Fsp3) is 0.462. The van der Waals surface area contributed by atoms with Crippen LogP contribution in [0.3, 0.4) is 0 Å². The van der Waals surface area contributed by atoms with Crippen molar-refractivity contribution in [2.24, 2.45) is 5.92 Å². The van der Waals surface area contributed by atoms with E-state index in [4.69, 9.17) is 0 Å². The number of carbonyl (C=O) groups excluding carboxylic acids is 1. The molecular weight excluding hydrogens is 216 g/mol. The molecule has 1 heterocycles. The lowest BCUT2D eigenvalue weighted by Crippen LogP contribution is -2.30. The predicted octanol–water partition coefficient (Wildman–Crippen LogP) is 1.04. The van der Waals surface area contributed by atoms with Crippen LogP contribution in [-0.4, -0.2) is 30.6 Å². The Morgan fingerprint density at radius 1 is 1.59 bits per heavy atom. The third kappa shape index (κ3) is 2.97. The zero-order chi connectivity index (χ0) is 12.3. The number of benzene rings is 1. The fourth-order valence-electron chi connectivity index (χ4n) is 2.05. The van der Waals surface area contributed by atoms with E-state index in [-0.39, 0.29) is 11.7 Å². The van der Waals surface area contributed by atoms with Crippen LogP contribution in [0.4, 0.5) is 0 Å². The predicted molar refractivity (Wildman–Crippen MR) is 66.2 cm³/mol. The lowest BCUT2D eigenvalue weighted by atomic mass is 10.1. The molecule has 0 aromatic heterocycles. The molecule has 1 saturated heterocycles. The van der Waals surface area contributed by atoms with Gasteiger partial charge >= 0.3 is 0 Å². The summed E-state index contributed by atoms with van der Waals surface area (Å²) in [5.41, 5.74) is 1.33.